The van der Waals surface area contributed by atoms with Crippen LogP contribution in [0.1, 0.15) is 105 Å². The Hall–Kier alpha value is -4.54. The van der Waals surface area contributed by atoms with Crippen LogP contribution in [-0.2, 0) is 51.8 Å². The summed E-state index contributed by atoms with van der Waals surface area (Å²) in [7, 11) is -3.96. The van der Waals surface area contributed by atoms with Crippen LogP contribution >= 0.6 is 0 Å². The van der Waals surface area contributed by atoms with Crippen LogP contribution < -0.4 is 15.4 Å². The van der Waals surface area contributed by atoms with Gasteiger partial charge in [-0.25, -0.2) is 22.4 Å². The molecule has 1 aliphatic carbocycles. The summed E-state index contributed by atoms with van der Waals surface area (Å²) in [5, 5.41) is 4.45. The van der Waals surface area contributed by atoms with E-state index in [-0.39, 0.29) is 56.5 Å². The highest BCUT2D eigenvalue weighted by atomic mass is 32.2. The molecule has 0 bridgehead atoms. The first kappa shape index (κ1) is 43.2. The molecule has 1 saturated heterocycles. The fraction of sp³-hybridized carbons (Fsp3) is 0.632. The highest BCUT2D eigenvalue weighted by molar-refractivity contribution is 7.91. The third-order valence-electron chi connectivity index (χ3n) is 9.54. The Morgan fingerprint density at radius 3 is 2.27 bits per heavy atom. The molecule has 4 atom stereocenters. The third kappa shape index (κ3) is 11.7. The van der Waals surface area contributed by atoms with E-state index >= 15 is 0 Å². The minimum atomic E-state index is -3.96. The average Bonchev–Trinajstić information content (AvgIpc) is 3.72. The Morgan fingerprint density at radius 1 is 1.02 bits per heavy atom. The van der Waals surface area contributed by atoms with E-state index in [1.165, 1.54) is 30.0 Å². The van der Waals surface area contributed by atoms with Crippen LogP contribution in [0.15, 0.2) is 30.4 Å². The Labute approximate surface area is 322 Å². The zero-order chi connectivity index (χ0) is 41.1. The highest BCUT2D eigenvalue weighted by Crippen LogP contribution is 2.30. The van der Waals surface area contributed by atoms with Crippen molar-refractivity contribution >= 4 is 45.7 Å². The quantitative estimate of drug-likeness (QED) is 0.246. The second-order valence-corrected chi connectivity index (χ2v) is 18.7. The van der Waals surface area contributed by atoms with Crippen molar-refractivity contribution in [1.82, 2.24) is 25.2 Å². The standard InChI is InChI=1S/C38H54FN5O10S/c1-9-38(8,33(48)42-55(51,52)26-14-15-26)41-31(46)30-19-25(53-35(50)43-20-23-11-10-12-28(39)27(23)22-43)21-44(30)32(47)29(40-34(49)54-37(5,6)7)16-13-24(45)17-18-36(2,3)4/h10-12,17-18,25-26,29-30H,9,13-16,19-22H2,1-8H3,(H,40,49)(H,41,46)(H,42,48). The number of carbonyl (C=O) groups excluding carboxylic acids is 6. The molecule has 304 valence electrons. The van der Waals surface area contributed by atoms with Gasteiger partial charge in [-0.05, 0) is 76.5 Å². The lowest BCUT2D eigenvalue weighted by molar-refractivity contribution is -0.142. The predicted octanol–water partition coefficient (Wildman–Crippen LogP) is 3.99. The number of alkyl carbamates (subject to hydrolysis) is 1. The number of allylic oxidation sites excluding steroid dienone is 2. The lowest BCUT2D eigenvalue weighted by Crippen LogP contribution is -2.61. The van der Waals surface area contributed by atoms with Gasteiger partial charge >= 0.3 is 12.2 Å². The number of sulfonamides is 1. The van der Waals surface area contributed by atoms with Gasteiger partial charge < -0.3 is 25.0 Å². The molecule has 3 N–H and O–H groups in total. The topological polar surface area (TPSA) is 198 Å². The molecule has 55 heavy (non-hydrogen) atoms. The first-order chi connectivity index (χ1) is 25.4. The number of benzene rings is 1. The number of amides is 5. The van der Waals surface area contributed by atoms with Crippen molar-refractivity contribution in [2.75, 3.05) is 6.54 Å². The minimum Gasteiger partial charge on any atom is -0.444 e. The number of hydrogen-bond donors (Lipinski definition) is 3. The maximum Gasteiger partial charge on any atom is 0.410 e. The zero-order valence-corrected chi connectivity index (χ0v) is 33.6. The molecule has 15 nitrogen and oxygen atoms in total. The Bertz CT molecular complexity index is 1820. The van der Waals surface area contributed by atoms with E-state index in [1.807, 2.05) is 20.8 Å². The van der Waals surface area contributed by atoms with Gasteiger partial charge in [0.25, 0.3) is 5.91 Å². The first-order valence-corrected chi connectivity index (χ1v) is 20.1. The number of likely N-dealkylation sites (tertiary alicyclic amines) is 1. The smallest absolute Gasteiger partial charge is 0.410 e. The summed E-state index contributed by atoms with van der Waals surface area (Å²) in [5.41, 5.74) is -1.99. The van der Waals surface area contributed by atoms with Crippen molar-refractivity contribution in [3.63, 3.8) is 0 Å². The maximum absolute atomic E-state index is 14.4. The molecule has 0 radical (unpaired) electrons. The monoisotopic (exact) mass is 791 g/mol. The normalized spacial score (nSPS) is 20.3. The van der Waals surface area contributed by atoms with Crippen LogP contribution in [0.25, 0.3) is 0 Å². The Kier molecular flexibility index (Phi) is 13.1. The number of nitrogens with one attached hydrogen (secondary N) is 3. The highest BCUT2D eigenvalue weighted by Gasteiger charge is 2.47. The zero-order valence-electron chi connectivity index (χ0n) is 32.8. The molecule has 1 aromatic carbocycles. The number of halogens is 1. The molecular weight excluding hydrogens is 738 g/mol. The van der Waals surface area contributed by atoms with E-state index in [4.69, 9.17) is 9.47 Å². The molecule has 0 spiro atoms. The van der Waals surface area contributed by atoms with Gasteiger partial charge in [0.05, 0.1) is 18.3 Å². The van der Waals surface area contributed by atoms with Gasteiger partial charge in [0.2, 0.25) is 21.8 Å². The van der Waals surface area contributed by atoms with E-state index in [2.05, 4.69) is 15.4 Å². The fourth-order valence-electron chi connectivity index (χ4n) is 6.09. The van der Waals surface area contributed by atoms with Crippen molar-refractivity contribution in [2.45, 2.75) is 142 Å². The summed E-state index contributed by atoms with van der Waals surface area (Å²) in [6.45, 7) is 13.3. The van der Waals surface area contributed by atoms with E-state index in [1.54, 1.807) is 39.8 Å². The Morgan fingerprint density at radius 2 is 1.69 bits per heavy atom. The van der Waals surface area contributed by atoms with Crippen molar-refractivity contribution in [3.8, 4) is 0 Å². The summed E-state index contributed by atoms with van der Waals surface area (Å²) in [4.78, 5) is 83.4. The van der Waals surface area contributed by atoms with Crippen LogP contribution in [0.4, 0.5) is 14.0 Å². The fourth-order valence-corrected chi connectivity index (χ4v) is 7.49. The number of hydrogen-bond acceptors (Lipinski definition) is 10. The first-order valence-electron chi connectivity index (χ1n) is 18.5. The lowest BCUT2D eigenvalue weighted by Gasteiger charge is -2.33. The van der Waals surface area contributed by atoms with Gasteiger partial charge in [-0.15, -0.1) is 0 Å². The molecule has 0 aromatic heterocycles. The van der Waals surface area contributed by atoms with Crippen molar-refractivity contribution < 1.29 is 51.0 Å². The lowest BCUT2D eigenvalue weighted by atomic mass is 9.95. The van der Waals surface area contributed by atoms with Gasteiger partial charge in [0.1, 0.15) is 35.1 Å². The van der Waals surface area contributed by atoms with E-state index in [9.17, 15) is 41.6 Å². The number of rotatable bonds is 13. The van der Waals surface area contributed by atoms with Crippen LogP contribution in [0.5, 0.6) is 0 Å². The van der Waals surface area contributed by atoms with Gasteiger partial charge in [-0.3, -0.25) is 28.8 Å². The summed E-state index contributed by atoms with van der Waals surface area (Å²) in [6, 6.07) is 1.79. The molecule has 17 heteroatoms. The molecule has 1 saturated carbocycles. The summed E-state index contributed by atoms with van der Waals surface area (Å²) < 4.78 is 52.9. The molecular formula is C38H54FN5O10S. The van der Waals surface area contributed by atoms with Crippen LogP contribution in [0.2, 0.25) is 0 Å². The van der Waals surface area contributed by atoms with Crippen LogP contribution in [0, 0.1) is 11.2 Å². The number of ketones is 1. The molecule has 5 amide bonds. The maximum atomic E-state index is 14.4. The minimum absolute atomic E-state index is 0.0249. The van der Waals surface area contributed by atoms with Crippen molar-refractivity contribution in [1.29, 1.82) is 0 Å². The van der Waals surface area contributed by atoms with Crippen LogP contribution in [0.3, 0.4) is 0 Å². The van der Waals surface area contributed by atoms with Crippen LogP contribution in [-0.4, -0.2) is 95.0 Å². The molecule has 2 fully saturated rings. The van der Waals surface area contributed by atoms with Gasteiger partial charge in [-0.2, -0.15) is 0 Å². The number of fused-ring (bicyclic) bond motifs is 1. The average molecular weight is 792 g/mol. The molecule has 2 aliphatic heterocycles. The molecule has 1 aromatic rings. The van der Waals surface area contributed by atoms with E-state index in [0.29, 0.717) is 24.0 Å². The third-order valence-corrected chi connectivity index (χ3v) is 11.4. The molecule has 3 aliphatic rings. The van der Waals surface area contributed by atoms with Gasteiger partial charge in [0, 0.05) is 24.9 Å². The van der Waals surface area contributed by atoms with E-state index in [0.717, 1.165) is 4.90 Å². The number of carbonyl (C=O) groups is 6. The largest absolute Gasteiger partial charge is 0.444 e. The van der Waals surface area contributed by atoms with Gasteiger partial charge in [-0.1, -0.05) is 45.9 Å². The predicted molar refractivity (Wildman–Crippen MR) is 199 cm³/mol. The van der Waals surface area contributed by atoms with E-state index < -0.39 is 80.3 Å². The second kappa shape index (κ2) is 16.7. The van der Waals surface area contributed by atoms with Gasteiger partial charge in [0.15, 0.2) is 5.78 Å². The molecule has 2 heterocycles. The summed E-state index contributed by atoms with van der Waals surface area (Å²) in [5.74, 6) is -3.36. The second-order valence-electron chi connectivity index (χ2n) is 16.7. The number of ether oxygens (including phenoxy) is 2. The SMILES string of the molecule is CCC(C)(NC(=O)C1CC(OC(=O)N2Cc3cccc(F)c3C2)CN1C(=O)C(CCC(=O)C=CC(C)(C)C)NC(=O)OC(C)(C)C)C(=O)NS(=O)(=O)C1CC1. The van der Waals surface area contributed by atoms with Crippen molar-refractivity contribution in [3.05, 3.63) is 47.3 Å². The Balaban J connectivity index is 1.60. The van der Waals surface area contributed by atoms with Crippen molar-refractivity contribution in [2.24, 2.45) is 5.41 Å². The molecule has 4 unspecified atom stereocenters. The summed E-state index contributed by atoms with van der Waals surface area (Å²) >= 11 is 0. The molecule has 4 rings (SSSR count). The number of nitrogens with zero attached hydrogens (tertiary/aromatic N) is 2. The summed E-state index contributed by atoms with van der Waals surface area (Å²) in [6.07, 6.45) is 0.544.